The largest absolute Gasteiger partial charge is 0.472 e. The molecule has 0 fully saturated rings. The van der Waals surface area contributed by atoms with Crippen molar-refractivity contribution in [3.05, 3.63) is 48.3 Å². The molecule has 0 atom stereocenters. The van der Waals surface area contributed by atoms with Crippen molar-refractivity contribution in [2.75, 3.05) is 6.54 Å². The molecule has 2 rings (SSSR count). The average Bonchev–Trinajstić information content (AvgIpc) is 2.87. The molecule has 3 nitrogen and oxygen atoms in total. The summed E-state index contributed by atoms with van der Waals surface area (Å²) < 4.78 is 10.1. The van der Waals surface area contributed by atoms with Crippen LogP contribution in [0.4, 0.5) is 0 Å². The molecule has 0 saturated carbocycles. The van der Waals surface area contributed by atoms with Crippen LogP contribution in [0.2, 0.25) is 0 Å². The summed E-state index contributed by atoms with van der Waals surface area (Å²) in [4.78, 5) is 0. The van der Waals surface area contributed by atoms with Crippen LogP contribution in [0.1, 0.15) is 24.1 Å². The van der Waals surface area contributed by atoms with Crippen molar-refractivity contribution < 1.29 is 8.83 Å². The van der Waals surface area contributed by atoms with Crippen LogP contribution >= 0.6 is 0 Å². The van der Waals surface area contributed by atoms with Crippen LogP contribution in [0, 0.1) is 0 Å². The molecule has 0 aliphatic rings. The van der Waals surface area contributed by atoms with E-state index in [2.05, 4.69) is 12.2 Å². The van der Waals surface area contributed by atoms with E-state index < -0.39 is 0 Å². The molecule has 74 valence electrons. The minimum atomic E-state index is 0.164. The molecule has 0 bridgehead atoms. The molecule has 0 radical (unpaired) electrons. The van der Waals surface area contributed by atoms with E-state index in [1.54, 1.807) is 25.1 Å². The first-order valence-electron chi connectivity index (χ1n) is 4.69. The zero-order chi connectivity index (χ0) is 9.80. The van der Waals surface area contributed by atoms with Gasteiger partial charge in [0.05, 0.1) is 31.1 Å². The van der Waals surface area contributed by atoms with Crippen LogP contribution < -0.4 is 5.32 Å². The summed E-state index contributed by atoms with van der Waals surface area (Å²) in [5.74, 6) is 0. The molecular weight excluding hydrogens is 178 g/mol. The van der Waals surface area contributed by atoms with E-state index in [4.69, 9.17) is 8.83 Å². The summed E-state index contributed by atoms with van der Waals surface area (Å²) in [6.07, 6.45) is 6.86. The van der Waals surface area contributed by atoms with Crippen LogP contribution in [0.25, 0.3) is 0 Å². The van der Waals surface area contributed by atoms with E-state index in [1.807, 2.05) is 12.1 Å². The molecular formula is C11H13NO2. The summed E-state index contributed by atoms with van der Waals surface area (Å²) in [6, 6.07) is 4.08. The summed E-state index contributed by atoms with van der Waals surface area (Å²) in [5.41, 5.74) is 2.24. The molecule has 14 heavy (non-hydrogen) atoms. The third kappa shape index (κ3) is 1.72. The molecule has 0 saturated heterocycles. The molecule has 0 amide bonds. The summed E-state index contributed by atoms with van der Waals surface area (Å²) in [7, 11) is 0. The zero-order valence-electron chi connectivity index (χ0n) is 8.07. The van der Waals surface area contributed by atoms with Gasteiger partial charge < -0.3 is 14.2 Å². The van der Waals surface area contributed by atoms with Gasteiger partial charge in [-0.2, -0.15) is 0 Å². The van der Waals surface area contributed by atoms with Crippen molar-refractivity contribution in [1.82, 2.24) is 5.32 Å². The maximum absolute atomic E-state index is 5.07. The Morgan fingerprint density at radius 1 is 1.14 bits per heavy atom. The molecule has 1 N–H and O–H groups in total. The fraction of sp³-hybridized carbons (Fsp3) is 0.273. The second-order valence-electron chi connectivity index (χ2n) is 3.10. The lowest BCUT2D eigenvalue weighted by atomic mass is 10.0. The molecule has 2 aromatic rings. The van der Waals surface area contributed by atoms with Gasteiger partial charge in [0, 0.05) is 11.1 Å². The highest BCUT2D eigenvalue weighted by molar-refractivity contribution is 5.26. The van der Waals surface area contributed by atoms with Crippen molar-refractivity contribution >= 4 is 0 Å². The monoisotopic (exact) mass is 191 g/mol. The van der Waals surface area contributed by atoms with E-state index in [-0.39, 0.29) is 6.04 Å². The van der Waals surface area contributed by atoms with Gasteiger partial charge in [0.15, 0.2) is 0 Å². The second kappa shape index (κ2) is 4.15. The van der Waals surface area contributed by atoms with E-state index in [0.29, 0.717) is 0 Å². The van der Waals surface area contributed by atoms with Crippen molar-refractivity contribution in [3.8, 4) is 0 Å². The fourth-order valence-corrected chi connectivity index (χ4v) is 1.51. The SMILES string of the molecule is CCNC(c1ccoc1)c1ccoc1. The van der Waals surface area contributed by atoms with Gasteiger partial charge in [-0.3, -0.25) is 0 Å². The normalized spacial score (nSPS) is 11.0. The Morgan fingerprint density at radius 3 is 2.07 bits per heavy atom. The van der Waals surface area contributed by atoms with Gasteiger partial charge in [-0.15, -0.1) is 0 Å². The van der Waals surface area contributed by atoms with Crippen molar-refractivity contribution in [1.29, 1.82) is 0 Å². The van der Waals surface area contributed by atoms with Crippen molar-refractivity contribution in [2.24, 2.45) is 0 Å². The Labute approximate surface area is 82.7 Å². The molecule has 2 aromatic heterocycles. The second-order valence-corrected chi connectivity index (χ2v) is 3.10. The zero-order valence-corrected chi connectivity index (χ0v) is 8.07. The summed E-state index contributed by atoms with van der Waals surface area (Å²) >= 11 is 0. The topological polar surface area (TPSA) is 38.3 Å². The molecule has 0 spiro atoms. The van der Waals surface area contributed by atoms with Crippen LogP contribution in [0.5, 0.6) is 0 Å². The number of hydrogen-bond acceptors (Lipinski definition) is 3. The minimum absolute atomic E-state index is 0.164. The lowest BCUT2D eigenvalue weighted by molar-refractivity contribution is 0.542. The smallest absolute Gasteiger partial charge is 0.0953 e. The fourth-order valence-electron chi connectivity index (χ4n) is 1.51. The predicted molar refractivity (Wildman–Crippen MR) is 52.9 cm³/mol. The number of furan rings is 2. The number of nitrogens with one attached hydrogen (secondary N) is 1. The third-order valence-electron chi connectivity index (χ3n) is 2.16. The Hall–Kier alpha value is -1.48. The minimum Gasteiger partial charge on any atom is -0.472 e. The Morgan fingerprint density at radius 2 is 1.71 bits per heavy atom. The van der Waals surface area contributed by atoms with Gasteiger partial charge in [-0.05, 0) is 18.7 Å². The highest BCUT2D eigenvalue weighted by Gasteiger charge is 2.14. The van der Waals surface area contributed by atoms with Crippen LogP contribution in [0.15, 0.2) is 46.0 Å². The van der Waals surface area contributed by atoms with Crippen LogP contribution in [-0.4, -0.2) is 6.54 Å². The highest BCUT2D eigenvalue weighted by Crippen LogP contribution is 2.22. The average molecular weight is 191 g/mol. The van der Waals surface area contributed by atoms with E-state index in [9.17, 15) is 0 Å². The Kier molecular flexibility index (Phi) is 2.70. The van der Waals surface area contributed by atoms with Gasteiger partial charge >= 0.3 is 0 Å². The van der Waals surface area contributed by atoms with Gasteiger partial charge in [0.2, 0.25) is 0 Å². The van der Waals surface area contributed by atoms with E-state index >= 15 is 0 Å². The number of hydrogen-bond donors (Lipinski definition) is 1. The predicted octanol–water partition coefficient (Wildman–Crippen LogP) is 2.57. The maximum Gasteiger partial charge on any atom is 0.0953 e. The van der Waals surface area contributed by atoms with Gasteiger partial charge in [0.1, 0.15) is 0 Å². The maximum atomic E-state index is 5.07. The first-order chi connectivity index (χ1) is 6.92. The van der Waals surface area contributed by atoms with Gasteiger partial charge in [-0.25, -0.2) is 0 Å². The molecule has 2 heterocycles. The van der Waals surface area contributed by atoms with Crippen molar-refractivity contribution in [2.45, 2.75) is 13.0 Å². The number of rotatable bonds is 4. The lowest BCUT2D eigenvalue weighted by Gasteiger charge is -2.13. The first kappa shape index (κ1) is 9.09. The van der Waals surface area contributed by atoms with E-state index in [1.165, 1.54) is 0 Å². The third-order valence-corrected chi connectivity index (χ3v) is 2.16. The Balaban J connectivity index is 2.25. The van der Waals surface area contributed by atoms with Crippen molar-refractivity contribution in [3.63, 3.8) is 0 Å². The molecule has 0 unspecified atom stereocenters. The van der Waals surface area contributed by atoms with Gasteiger partial charge in [-0.1, -0.05) is 6.92 Å². The standard InChI is InChI=1S/C11H13NO2/c1-2-12-11(9-3-5-13-7-9)10-4-6-14-8-10/h3-8,11-12H,2H2,1H3. The molecule has 0 aromatic carbocycles. The summed E-state index contributed by atoms with van der Waals surface area (Å²) in [5, 5.41) is 3.37. The first-order valence-corrected chi connectivity index (χ1v) is 4.69. The quantitative estimate of drug-likeness (QED) is 0.807. The Bertz CT molecular complexity index is 316. The van der Waals surface area contributed by atoms with E-state index in [0.717, 1.165) is 17.7 Å². The molecule has 0 aliphatic carbocycles. The summed E-state index contributed by atoms with van der Waals surface area (Å²) in [6.45, 7) is 2.98. The molecule has 0 aliphatic heterocycles. The van der Waals surface area contributed by atoms with Gasteiger partial charge in [0.25, 0.3) is 0 Å². The van der Waals surface area contributed by atoms with Crippen LogP contribution in [-0.2, 0) is 0 Å². The molecule has 3 heteroatoms. The lowest BCUT2D eigenvalue weighted by Crippen LogP contribution is -2.20. The van der Waals surface area contributed by atoms with Crippen LogP contribution in [0.3, 0.4) is 0 Å². The highest BCUT2D eigenvalue weighted by atomic mass is 16.3.